The zero-order chi connectivity index (χ0) is 18.0. The van der Waals surface area contributed by atoms with Crippen LogP contribution < -0.4 is 0 Å². The topological polar surface area (TPSA) is 20.2 Å². The molecule has 0 atom stereocenters. The van der Waals surface area contributed by atoms with Gasteiger partial charge in [-0.15, -0.1) is 0 Å². The van der Waals surface area contributed by atoms with E-state index in [-0.39, 0.29) is 0 Å². The number of aromatic hydroxyl groups is 1. The van der Waals surface area contributed by atoms with Gasteiger partial charge in [0.2, 0.25) is 0 Å². The third-order valence-corrected chi connectivity index (χ3v) is 4.31. The number of rotatable bonds is 14. The lowest BCUT2D eigenvalue weighted by Gasteiger charge is -2.02. The second-order valence-electron chi connectivity index (χ2n) is 6.64. The van der Waals surface area contributed by atoms with Crippen LogP contribution in [0.4, 0.5) is 0 Å². The molecular weight excluding hydrogens is 304 g/mol. The molecule has 0 aliphatic carbocycles. The van der Waals surface area contributed by atoms with Crippen LogP contribution in [0.2, 0.25) is 0 Å². The van der Waals surface area contributed by atoms with Crippen molar-refractivity contribution in [3.05, 3.63) is 66.3 Å². The molecule has 0 saturated heterocycles. The summed E-state index contributed by atoms with van der Waals surface area (Å²) in [7, 11) is 0. The summed E-state index contributed by atoms with van der Waals surface area (Å²) in [6.07, 6.45) is 27.1. The maximum atomic E-state index is 9.26. The van der Waals surface area contributed by atoms with Crippen molar-refractivity contribution in [1.29, 1.82) is 0 Å². The van der Waals surface area contributed by atoms with Crippen molar-refractivity contribution in [1.82, 2.24) is 0 Å². The van der Waals surface area contributed by atoms with E-state index >= 15 is 0 Å². The van der Waals surface area contributed by atoms with Gasteiger partial charge in [0.05, 0.1) is 0 Å². The van der Waals surface area contributed by atoms with Crippen LogP contribution in [0, 0.1) is 0 Å². The predicted molar refractivity (Wildman–Crippen MR) is 111 cm³/mol. The van der Waals surface area contributed by atoms with Gasteiger partial charge in [0.25, 0.3) is 0 Å². The molecule has 0 saturated carbocycles. The molecule has 138 valence electrons. The van der Waals surface area contributed by atoms with Crippen molar-refractivity contribution >= 4 is 0 Å². The highest BCUT2D eigenvalue weighted by Crippen LogP contribution is 2.14. The first-order valence-electron chi connectivity index (χ1n) is 10.1. The largest absolute Gasteiger partial charge is 0.508 e. The average molecular weight is 341 g/mol. The molecule has 0 aromatic heterocycles. The van der Waals surface area contributed by atoms with Crippen molar-refractivity contribution in [3.63, 3.8) is 0 Å². The summed E-state index contributed by atoms with van der Waals surface area (Å²) in [6, 6.07) is 7.61. The monoisotopic (exact) mass is 340 g/mol. The van der Waals surface area contributed by atoms with E-state index in [4.69, 9.17) is 0 Å². The number of benzene rings is 1. The van der Waals surface area contributed by atoms with Crippen LogP contribution in [0.15, 0.2) is 60.7 Å². The van der Waals surface area contributed by atoms with Crippen LogP contribution in [0.1, 0.15) is 76.7 Å². The van der Waals surface area contributed by atoms with Crippen LogP contribution in [0.3, 0.4) is 0 Å². The van der Waals surface area contributed by atoms with Crippen molar-refractivity contribution in [3.8, 4) is 5.75 Å². The average Bonchev–Trinajstić information content (AvgIpc) is 2.63. The van der Waals surface area contributed by atoms with Gasteiger partial charge in [0, 0.05) is 0 Å². The zero-order valence-electron chi connectivity index (χ0n) is 16.0. The molecule has 1 N–H and O–H groups in total. The Labute approximate surface area is 155 Å². The smallest absolute Gasteiger partial charge is 0.115 e. The number of phenolic OH excluding ortho intramolecular Hbond substituents is 1. The molecule has 0 unspecified atom stereocenters. The summed E-state index contributed by atoms with van der Waals surface area (Å²) in [5.41, 5.74) is 1.33. The lowest BCUT2D eigenvalue weighted by atomic mass is 10.0. The highest BCUT2D eigenvalue weighted by atomic mass is 16.3. The van der Waals surface area contributed by atoms with Gasteiger partial charge in [0.15, 0.2) is 0 Å². The van der Waals surface area contributed by atoms with E-state index in [1.54, 1.807) is 12.1 Å². The first kappa shape index (κ1) is 21.3. The quantitative estimate of drug-likeness (QED) is 0.211. The third-order valence-electron chi connectivity index (χ3n) is 4.31. The molecule has 0 spiro atoms. The summed E-state index contributed by atoms with van der Waals surface area (Å²) in [4.78, 5) is 0. The first-order valence-corrected chi connectivity index (χ1v) is 10.1. The van der Waals surface area contributed by atoms with Crippen molar-refractivity contribution in [2.24, 2.45) is 0 Å². The zero-order valence-corrected chi connectivity index (χ0v) is 16.0. The van der Waals surface area contributed by atoms with Crippen LogP contribution >= 0.6 is 0 Å². The molecule has 0 fully saturated rings. The number of phenols is 1. The predicted octanol–water partition coefficient (Wildman–Crippen LogP) is 7.52. The second kappa shape index (κ2) is 15.7. The van der Waals surface area contributed by atoms with Gasteiger partial charge < -0.3 is 5.11 Å². The molecule has 25 heavy (non-hydrogen) atoms. The normalized spacial score (nSPS) is 12.0. The van der Waals surface area contributed by atoms with E-state index in [9.17, 15) is 5.11 Å². The highest BCUT2D eigenvalue weighted by Gasteiger charge is 1.95. The molecule has 0 amide bonds. The molecule has 0 heterocycles. The Kier molecular flexibility index (Phi) is 13.4. The highest BCUT2D eigenvalue weighted by molar-refractivity contribution is 5.25. The first-order chi connectivity index (χ1) is 12.3. The summed E-state index contributed by atoms with van der Waals surface area (Å²) in [5, 5.41) is 9.26. The molecule has 1 aromatic rings. The van der Waals surface area contributed by atoms with Crippen molar-refractivity contribution < 1.29 is 5.11 Å². The summed E-state index contributed by atoms with van der Waals surface area (Å²) >= 11 is 0. The molecule has 1 rings (SSSR count). The van der Waals surface area contributed by atoms with Crippen LogP contribution in [-0.4, -0.2) is 5.11 Å². The lowest BCUT2D eigenvalue weighted by molar-refractivity contribution is 0.475. The summed E-state index contributed by atoms with van der Waals surface area (Å²) in [5.74, 6) is 0.359. The lowest BCUT2D eigenvalue weighted by Crippen LogP contribution is -1.86. The van der Waals surface area contributed by atoms with E-state index in [0.29, 0.717) is 5.75 Å². The molecule has 0 aliphatic heterocycles. The number of allylic oxidation sites excluding steroid dienone is 6. The fourth-order valence-corrected chi connectivity index (χ4v) is 2.79. The van der Waals surface area contributed by atoms with Gasteiger partial charge >= 0.3 is 0 Å². The van der Waals surface area contributed by atoms with Crippen LogP contribution in [-0.2, 0) is 6.42 Å². The number of hydrogen-bond donors (Lipinski definition) is 1. The van der Waals surface area contributed by atoms with Crippen LogP contribution in [0.5, 0.6) is 5.75 Å². The maximum absolute atomic E-state index is 9.26. The minimum absolute atomic E-state index is 0.359. The van der Waals surface area contributed by atoms with Crippen molar-refractivity contribution in [2.45, 2.75) is 77.6 Å². The standard InChI is InChI=1S/C24H36O/c1-2-3-4-5-6-7-8-9-10-11-12-13-14-15-16-17-18-23-19-21-24(25)22-20-23/h3-4,7-10,19-22,25H,2,5-6,11-18H2,1H3/b4-3+,8-7+,10-9+. The number of unbranched alkanes of at least 4 members (excludes halogenated alkanes) is 7. The van der Waals surface area contributed by atoms with Gasteiger partial charge in [-0.3, -0.25) is 0 Å². The number of aryl methyl sites for hydroxylation is 1. The third kappa shape index (κ3) is 13.2. The minimum atomic E-state index is 0.359. The van der Waals surface area contributed by atoms with E-state index in [1.807, 2.05) is 12.1 Å². The molecular formula is C24H36O. The minimum Gasteiger partial charge on any atom is -0.508 e. The van der Waals surface area contributed by atoms with E-state index in [2.05, 4.69) is 43.4 Å². The van der Waals surface area contributed by atoms with E-state index in [1.165, 1.54) is 50.5 Å². The van der Waals surface area contributed by atoms with Crippen molar-refractivity contribution in [2.75, 3.05) is 0 Å². The molecule has 0 radical (unpaired) electrons. The van der Waals surface area contributed by atoms with E-state index < -0.39 is 0 Å². The van der Waals surface area contributed by atoms with Crippen LogP contribution in [0.25, 0.3) is 0 Å². The molecule has 0 aliphatic rings. The fourth-order valence-electron chi connectivity index (χ4n) is 2.79. The maximum Gasteiger partial charge on any atom is 0.115 e. The summed E-state index contributed by atoms with van der Waals surface area (Å²) in [6.45, 7) is 2.17. The van der Waals surface area contributed by atoms with Gasteiger partial charge in [-0.1, -0.05) is 81.2 Å². The Morgan fingerprint density at radius 1 is 0.680 bits per heavy atom. The van der Waals surface area contributed by atoms with Gasteiger partial charge in [-0.2, -0.15) is 0 Å². The molecule has 1 aromatic carbocycles. The SMILES string of the molecule is CC/C=C/CC/C=C/C=C/CCCCCCCCc1ccc(O)cc1. The Morgan fingerprint density at radius 3 is 2.00 bits per heavy atom. The Hall–Kier alpha value is -1.76. The molecule has 1 nitrogen and oxygen atoms in total. The Morgan fingerprint density at radius 2 is 1.28 bits per heavy atom. The van der Waals surface area contributed by atoms with Gasteiger partial charge in [-0.25, -0.2) is 0 Å². The number of hydrogen-bond acceptors (Lipinski definition) is 1. The Bertz CT molecular complexity index is 493. The second-order valence-corrected chi connectivity index (χ2v) is 6.64. The fraction of sp³-hybridized carbons (Fsp3) is 0.500. The van der Waals surface area contributed by atoms with Gasteiger partial charge in [-0.05, 0) is 62.6 Å². The molecule has 1 heteroatoms. The Balaban J connectivity index is 1.86. The van der Waals surface area contributed by atoms with Gasteiger partial charge in [0.1, 0.15) is 5.75 Å². The summed E-state index contributed by atoms with van der Waals surface area (Å²) < 4.78 is 0. The molecule has 0 bridgehead atoms. The van der Waals surface area contributed by atoms with E-state index in [0.717, 1.165) is 25.7 Å².